The number of nitrogens with zero attached hydrogens (tertiary/aromatic N) is 2. The van der Waals surface area contributed by atoms with Gasteiger partial charge in [0.05, 0.1) is 17.8 Å². The van der Waals surface area contributed by atoms with E-state index in [0.717, 1.165) is 12.0 Å². The first-order chi connectivity index (χ1) is 14.7. The summed E-state index contributed by atoms with van der Waals surface area (Å²) < 4.78 is 7.02. The van der Waals surface area contributed by atoms with Crippen molar-refractivity contribution in [3.63, 3.8) is 0 Å². The van der Waals surface area contributed by atoms with Gasteiger partial charge < -0.3 is 20.7 Å². The Labute approximate surface area is 182 Å². The maximum Gasteiger partial charge on any atom is 0.338 e. The number of hydrogen-bond acceptors (Lipinski definition) is 5. The van der Waals surface area contributed by atoms with Gasteiger partial charge in [-0.2, -0.15) is 5.10 Å². The number of urea groups is 1. The number of nitrogens with one attached hydrogen (secondary N) is 3. The molecule has 0 aliphatic carbocycles. The predicted molar refractivity (Wildman–Crippen MR) is 118 cm³/mol. The van der Waals surface area contributed by atoms with Gasteiger partial charge in [0.2, 0.25) is 0 Å². The number of amides is 3. The van der Waals surface area contributed by atoms with Gasteiger partial charge in [0.1, 0.15) is 5.82 Å². The van der Waals surface area contributed by atoms with E-state index in [1.165, 1.54) is 6.92 Å². The fraction of sp³-hybridized carbons (Fsp3) is 0.455. The van der Waals surface area contributed by atoms with Gasteiger partial charge in [0.25, 0.3) is 5.91 Å². The summed E-state index contributed by atoms with van der Waals surface area (Å²) in [5.74, 6) is -0.480. The Bertz CT molecular complexity index is 892. The largest absolute Gasteiger partial charge is 0.449 e. The van der Waals surface area contributed by atoms with E-state index < -0.39 is 18.0 Å². The Balaban J connectivity index is 1.88. The van der Waals surface area contributed by atoms with Crippen LogP contribution in [0.4, 0.5) is 10.6 Å². The van der Waals surface area contributed by atoms with Gasteiger partial charge in [-0.25, -0.2) is 14.3 Å². The van der Waals surface area contributed by atoms with E-state index in [9.17, 15) is 14.4 Å². The third kappa shape index (κ3) is 7.13. The molecule has 0 saturated heterocycles. The molecule has 2 atom stereocenters. The molecule has 0 spiro atoms. The van der Waals surface area contributed by atoms with Crippen LogP contribution < -0.4 is 16.0 Å². The summed E-state index contributed by atoms with van der Waals surface area (Å²) in [5.41, 5.74) is 1.15. The molecule has 9 heteroatoms. The van der Waals surface area contributed by atoms with Crippen molar-refractivity contribution in [3.05, 3.63) is 47.7 Å². The number of hydrogen-bond donors (Lipinski definition) is 3. The lowest BCUT2D eigenvalue weighted by Crippen LogP contribution is -2.39. The van der Waals surface area contributed by atoms with Crippen LogP contribution in [0.3, 0.4) is 0 Å². The maximum atomic E-state index is 12.4. The fourth-order valence-electron chi connectivity index (χ4n) is 2.70. The van der Waals surface area contributed by atoms with Crippen molar-refractivity contribution in [2.24, 2.45) is 0 Å². The fourth-order valence-corrected chi connectivity index (χ4v) is 2.70. The highest BCUT2D eigenvalue weighted by molar-refractivity contribution is 5.96. The van der Waals surface area contributed by atoms with E-state index in [4.69, 9.17) is 4.74 Å². The van der Waals surface area contributed by atoms with E-state index >= 15 is 0 Å². The second-order valence-corrected chi connectivity index (χ2v) is 7.63. The summed E-state index contributed by atoms with van der Waals surface area (Å²) in [7, 11) is 0. The van der Waals surface area contributed by atoms with Crippen LogP contribution in [0.5, 0.6) is 0 Å². The molecule has 0 fully saturated rings. The first-order valence-corrected chi connectivity index (χ1v) is 10.4. The van der Waals surface area contributed by atoms with Crippen molar-refractivity contribution in [1.29, 1.82) is 0 Å². The molecule has 0 saturated carbocycles. The topological polar surface area (TPSA) is 114 Å². The van der Waals surface area contributed by atoms with Gasteiger partial charge >= 0.3 is 12.0 Å². The minimum atomic E-state index is -0.978. The van der Waals surface area contributed by atoms with E-state index in [1.807, 2.05) is 27.7 Å². The second kappa shape index (κ2) is 11.1. The molecule has 2 rings (SSSR count). The van der Waals surface area contributed by atoms with Crippen LogP contribution in [0.2, 0.25) is 0 Å². The van der Waals surface area contributed by atoms with Crippen molar-refractivity contribution >= 4 is 23.7 Å². The molecule has 3 amide bonds. The quantitative estimate of drug-likeness (QED) is 0.530. The van der Waals surface area contributed by atoms with Crippen LogP contribution in [-0.2, 0) is 16.1 Å². The molecule has 0 aliphatic rings. The summed E-state index contributed by atoms with van der Waals surface area (Å²) in [6.45, 7) is 9.63. The van der Waals surface area contributed by atoms with Crippen molar-refractivity contribution in [1.82, 2.24) is 20.4 Å². The van der Waals surface area contributed by atoms with E-state index in [-0.39, 0.29) is 18.1 Å². The third-order valence-corrected chi connectivity index (χ3v) is 4.65. The molecular weight excluding hydrogens is 398 g/mol. The molecule has 31 heavy (non-hydrogen) atoms. The van der Waals surface area contributed by atoms with Gasteiger partial charge in [-0.15, -0.1) is 0 Å². The zero-order chi connectivity index (χ0) is 23.0. The molecule has 0 radical (unpaired) electrons. The third-order valence-electron chi connectivity index (χ3n) is 4.65. The van der Waals surface area contributed by atoms with Crippen LogP contribution in [-0.4, -0.2) is 39.8 Å². The lowest BCUT2D eigenvalue weighted by Gasteiger charge is -2.17. The second-order valence-electron chi connectivity index (χ2n) is 7.63. The number of aromatic nitrogens is 2. The number of carbonyl (C=O) groups is 3. The average Bonchev–Trinajstić information content (AvgIpc) is 3.19. The van der Waals surface area contributed by atoms with Crippen molar-refractivity contribution in [2.75, 3.05) is 5.32 Å². The normalized spacial score (nSPS) is 12.7. The standard InChI is InChI=1S/C22H31N5O4/c1-6-15(4)27-19(11-12-24-27)26-20(28)16(5)31-21(29)18-9-7-17(8-10-18)13-23-22(30)25-14(2)3/h7-12,14-16H,6,13H2,1-5H3,(H,26,28)(H2,23,25,30)/t15-,16-/m1/s1. The molecule has 0 bridgehead atoms. The van der Waals surface area contributed by atoms with Gasteiger partial charge in [-0.3, -0.25) is 4.79 Å². The van der Waals surface area contributed by atoms with Crippen LogP contribution in [0, 0.1) is 0 Å². The molecule has 9 nitrogen and oxygen atoms in total. The van der Waals surface area contributed by atoms with Crippen molar-refractivity contribution in [2.45, 2.75) is 65.8 Å². The molecule has 168 valence electrons. The van der Waals surface area contributed by atoms with Crippen LogP contribution >= 0.6 is 0 Å². The number of anilines is 1. The van der Waals surface area contributed by atoms with Crippen LogP contribution in [0.25, 0.3) is 0 Å². The van der Waals surface area contributed by atoms with Gasteiger partial charge in [-0.1, -0.05) is 19.1 Å². The number of ether oxygens (including phenoxy) is 1. The number of rotatable bonds is 9. The highest BCUT2D eigenvalue weighted by Crippen LogP contribution is 2.17. The monoisotopic (exact) mass is 429 g/mol. The molecule has 1 heterocycles. The van der Waals surface area contributed by atoms with Gasteiger partial charge in [-0.05, 0) is 51.8 Å². The summed E-state index contributed by atoms with van der Waals surface area (Å²) >= 11 is 0. The van der Waals surface area contributed by atoms with Gasteiger partial charge in [0, 0.05) is 18.7 Å². The van der Waals surface area contributed by atoms with Crippen LogP contribution in [0.1, 0.15) is 63.0 Å². The first kappa shape index (κ1) is 23.9. The van der Waals surface area contributed by atoms with Crippen LogP contribution in [0.15, 0.2) is 36.5 Å². The predicted octanol–water partition coefficient (Wildman–Crippen LogP) is 3.25. The minimum absolute atomic E-state index is 0.0481. The zero-order valence-electron chi connectivity index (χ0n) is 18.6. The molecule has 2 aromatic rings. The van der Waals surface area contributed by atoms with Gasteiger partial charge in [0.15, 0.2) is 6.10 Å². The lowest BCUT2D eigenvalue weighted by atomic mass is 10.1. The molecule has 0 unspecified atom stereocenters. The maximum absolute atomic E-state index is 12.4. The number of esters is 1. The highest BCUT2D eigenvalue weighted by atomic mass is 16.5. The smallest absolute Gasteiger partial charge is 0.338 e. The summed E-state index contributed by atoms with van der Waals surface area (Å²) in [6.07, 6.45) is 1.50. The average molecular weight is 430 g/mol. The van der Waals surface area contributed by atoms with Crippen molar-refractivity contribution < 1.29 is 19.1 Å². The Hall–Kier alpha value is -3.36. The van der Waals surface area contributed by atoms with E-state index in [2.05, 4.69) is 21.0 Å². The molecule has 1 aromatic carbocycles. The Morgan fingerprint density at radius 1 is 1.06 bits per heavy atom. The summed E-state index contributed by atoms with van der Waals surface area (Å²) in [6, 6.07) is 8.27. The lowest BCUT2D eigenvalue weighted by molar-refractivity contribution is -0.123. The molecular formula is C22H31N5O4. The Morgan fingerprint density at radius 2 is 1.74 bits per heavy atom. The molecule has 1 aromatic heterocycles. The number of benzene rings is 1. The summed E-state index contributed by atoms with van der Waals surface area (Å²) in [5, 5.41) is 12.4. The molecule has 3 N–H and O–H groups in total. The summed E-state index contributed by atoms with van der Waals surface area (Å²) in [4.78, 5) is 36.5. The molecule has 0 aliphatic heterocycles. The van der Waals surface area contributed by atoms with E-state index in [0.29, 0.717) is 17.9 Å². The number of carbonyl (C=O) groups excluding carboxylic acids is 3. The Kier molecular flexibility index (Phi) is 8.60. The Morgan fingerprint density at radius 3 is 2.35 bits per heavy atom. The first-order valence-electron chi connectivity index (χ1n) is 10.4. The van der Waals surface area contributed by atoms with Crippen molar-refractivity contribution in [3.8, 4) is 0 Å². The van der Waals surface area contributed by atoms with E-state index in [1.54, 1.807) is 41.2 Å². The SMILES string of the molecule is CC[C@@H](C)n1nccc1NC(=O)[C@@H](C)OC(=O)c1ccc(CNC(=O)NC(C)C)cc1. The highest BCUT2D eigenvalue weighted by Gasteiger charge is 2.21. The minimum Gasteiger partial charge on any atom is -0.449 e. The zero-order valence-corrected chi connectivity index (χ0v) is 18.6.